The summed E-state index contributed by atoms with van der Waals surface area (Å²) in [6, 6.07) is 9.98. The predicted molar refractivity (Wildman–Crippen MR) is 117 cm³/mol. The third-order valence-corrected chi connectivity index (χ3v) is 5.27. The maximum atomic E-state index is 12.2. The Bertz CT molecular complexity index is 915. The summed E-state index contributed by atoms with van der Waals surface area (Å²) in [5.74, 6) is 0.614. The number of benzene rings is 1. The van der Waals surface area contributed by atoms with E-state index in [0.717, 1.165) is 47.7 Å². The first-order valence-corrected chi connectivity index (χ1v) is 10.5. The van der Waals surface area contributed by atoms with Gasteiger partial charge in [0.1, 0.15) is 12.3 Å². The molecule has 7 heteroatoms. The summed E-state index contributed by atoms with van der Waals surface area (Å²) in [4.78, 5) is 25.8. The monoisotopic (exact) mass is 410 g/mol. The number of carbonyl (C=O) groups is 2. The van der Waals surface area contributed by atoms with Gasteiger partial charge in [-0.15, -0.1) is 0 Å². The average molecular weight is 411 g/mol. The fourth-order valence-corrected chi connectivity index (χ4v) is 3.76. The number of hydrazone groups is 1. The number of ether oxygens (including phenoxy) is 1. The van der Waals surface area contributed by atoms with Gasteiger partial charge in [0.2, 0.25) is 5.91 Å². The summed E-state index contributed by atoms with van der Waals surface area (Å²) in [6.07, 6.45) is 5.05. The molecule has 1 fully saturated rings. The number of rotatable bonds is 7. The minimum Gasteiger partial charge on any atom is -0.494 e. The van der Waals surface area contributed by atoms with Crippen LogP contribution in [0.15, 0.2) is 35.4 Å². The van der Waals surface area contributed by atoms with E-state index in [0.29, 0.717) is 19.6 Å². The van der Waals surface area contributed by atoms with Crippen molar-refractivity contribution in [2.24, 2.45) is 5.10 Å². The van der Waals surface area contributed by atoms with E-state index < -0.39 is 0 Å². The first-order chi connectivity index (χ1) is 14.5. The molecular formula is C23H30N4O3. The van der Waals surface area contributed by atoms with Crippen molar-refractivity contribution >= 4 is 18.0 Å². The van der Waals surface area contributed by atoms with Crippen molar-refractivity contribution in [2.75, 3.05) is 19.7 Å². The summed E-state index contributed by atoms with van der Waals surface area (Å²) in [6.45, 7) is 7.34. The van der Waals surface area contributed by atoms with E-state index >= 15 is 0 Å². The third kappa shape index (κ3) is 5.28. The number of amides is 2. The van der Waals surface area contributed by atoms with Crippen molar-refractivity contribution in [1.29, 1.82) is 0 Å². The van der Waals surface area contributed by atoms with Crippen LogP contribution in [0.4, 0.5) is 0 Å². The van der Waals surface area contributed by atoms with Crippen molar-refractivity contribution in [2.45, 2.75) is 46.5 Å². The molecule has 1 aromatic carbocycles. The van der Waals surface area contributed by atoms with Gasteiger partial charge in [0.15, 0.2) is 0 Å². The van der Waals surface area contributed by atoms with E-state index in [1.165, 1.54) is 0 Å². The molecule has 0 saturated carbocycles. The van der Waals surface area contributed by atoms with Crippen molar-refractivity contribution in [1.82, 2.24) is 14.9 Å². The lowest BCUT2D eigenvalue weighted by molar-refractivity contribution is -0.135. The maximum absolute atomic E-state index is 12.2. The molecule has 160 valence electrons. The fraction of sp³-hybridized carbons (Fsp3) is 0.435. The normalized spacial score (nSPS) is 14.8. The highest BCUT2D eigenvalue weighted by Gasteiger charge is 2.19. The number of aryl methyl sites for hydroxylation is 1. The van der Waals surface area contributed by atoms with E-state index in [-0.39, 0.29) is 18.4 Å². The summed E-state index contributed by atoms with van der Waals surface area (Å²) < 4.78 is 7.64. The second kappa shape index (κ2) is 10.1. The van der Waals surface area contributed by atoms with E-state index in [2.05, 4.69) is 15.1 Å². The van der Waals surface area contributed by atoms with Gasteiger partial charge in [-0.2, -0.15) is 5.10 Å². The fourth-order valence-electron chi connectivity index (χ4n) is 3.76. The number of likely N-dealkylation sites (tertiary alicyclic amines) is 1. The second-order valence-corrected chi connectivity index (χ2v) is 7.51. The van der Waals surface area contributed by atoms with Crippen LogP contribution < -0.4 is 10.2 Å². The first kappa shape index (κ1) is 21.6. The molecule has 0 atom stereocenters. The number of nitrogens with one attached hydrogen (secondary N) is 1. The van der Waals surface area contributed by atoms with E-state index in [9.17, 15) is 9.59 Å². The van der Waals surface area contributed by atoms with E-state index in [1.54, 1.807) is 11.1 Å². The molecule has 0 bridgehead atoms. The molecule has 0 unspecified atom stereocenters. The highest BCUT2D eigenvalue weighted by Crippen LogP contribution is 2.22. The van der Waals surface area contributed by atoms with Gasteiger partial charge in [-0.25, -0.2) is 5.43 Å². The van der Waals surface area contributed by atoms with Gasteiger partial charge >= 0.3 is 0 Å². The Balaban J connectivity index is 1.64. The molecule has 7 nitrogen and oxygen atoms in total. The van der Waals surface area contributed by atoms with Crippen molar-refractivity contribution in [3.63, 3.8) is 0 Å². The largest absolute Gasteiger partial charge is 0.494 e. The van der Waals surface area contributed by atoms with E-state index in [4.69, 9.17) is 4.74 Å². The predicted octanol–water partition coefficient (Wildman–Crippen LogP) is 3.35. The molecule has 30 heavy (non-hydrogen) atoms. The Kier molecular flexibility index (Phi) is 7.27. The zero-order valence-corrected chi connectivity index (χ0v) is 18.0. The van der Waals surface area contributed by atoms with Crippen LogP contribution in [0, 0.1) is 13.8 Å². The van der Waals surface area contributed by atoms with Crippen LogP contribution in [0.5, 0.6) is 5.75 Å². The lowest BCUT2D eigenvalue weighted by atomic mass is 10.2. The van der Waals surface area contributed by atoms with Gasteiger partial charge in [-0.05, 0) is 63.9 Å². The average Bonchev–Trinajstić information content (AvgIpc) is 2.86. The zero-order valence-electron chi connectivity index (χ0n) is 18.0. The summed E-state index contributed by atoms with van der Waals surface area (Å²) in [5, 5.41) is 4.11. The number of hydrogen-bond donors (Lipinski definition) is 1. The molecular weight excluding hydrogens is 380 g/mol. The molecule has 0 radical (unpaired) electrons. The topological polar surface area (TPSA) is 75.9 Å². The molecule has 0 spiro atoms. The Morgan fingerprint density at radius 1 is 1.20 bits per heavy atom. The smallest absolute Gasteiger partial charge is 0.259 e. The van der Waals surface area contributed by atoms with Gasteiger partial charge in [0.05, 0.1) is 12.8 Å². The summed E-state index contributed by atoms with van der Waals surface area (Å²) >= 11 is 0. The second-order valence-electron chi connectivity index (χ2n) is 7.51. The van der Waals surface area contributed by atoms with Crippen LogP contribution in [0.25, 0.3) is 5.69 Å². The van der Waals surface area contributed by atoms with Crippen LogP contribution in [0.1, 0.15) is 49.6 Å². The lowest BCUT2D eigenvalue weighted by Crippen LogP contribution is -2.39. The Hall–Kier alpha value is -3.09. The van der Waals surface area contributed by atoms with Crippen LogP contribution in [-0.4, -0.2) is 47.2 Å². The zero-order chi connectivity index (χ0) is 21.5. The van der Waals surface area contributed by atoms with Gasteiger partial charge < -0.3 is 14.2 Å². The van der Waals surface area contributed by atoms with Gasteiger partial charge in [0.25, 0.3) is 5.91 Å². The lowest BCUT2D eigenvalue weighted by Gasteiger charge is -2.18. The molecule has 3 rings (SSSR count). The molecule has 1 aliphatic heterocycles. The number of hydrogen-bond acceptors (Lipinski definition) is 4. The van der Waals surface area contributed by atoms with Crippen molar-refractivity contribution < 1.29 is 14.3 Å². The number of nitrogens with zero attached hydrogens (tertiary/aromatic N) is 3. The standard InChI is InChI=1S/C23H30N4O3/c1-4-30-21-11-9-20(10-12-21)27-17(2)14-19(18(27)3)15-24-25-22(28)16-26-13-7-5-6-8-23(26)29/h9-12,14-15H,4-8,13,16H2,1-3H3,(H,25,28)/b24-15-. The molecule has 1 aliphatic rings. The summed E-state index contributed by atoms with van der Waals surface area (Å²) in [7, 11) is 0. The number of carbonyl (C=O) groups excluding carboxylic acids is 2. The highest BCUT2D eigenvalue weighted by molar-refractivity contribution is 5.87. The minimum atomic E-state index is -0.276. The minimum absolute atomic E-state index is 0.0468. The first-order valence-electron chi connectivity index (χ1n) is 10.5. The molecule has 2 heterocycles. The molecule has 2 amide bonds. The molecule has 1 aromatic heterocycles. The van der Waals surface area contributed by atoms with Crippen molar-refractivity contribution in [3.8, 4) is 11.4 Å². The van der Waals surface area contributed by atoms with Crippen LogP contribution in [-0.2, 0) is 9.59 Å². The van der Waals surface area contributed by atoms with Gasteiger partial charge in [0, 0.05) is 35.6 Å². The van der Waals surface area contributed by atoms with Crippen molar-refractivity contribution in [3.05, 3.63) is 47.3 Å². The van der Waals surface area contributed by atoms with E-state index in [1.807, 2.05) is 51.1 Å². The van der Waals surface area contributed by atoms with Gasteiger partial charge in [-0.1, -0.05) is 6.42 Å². The Morgan fingerprint density at radius 2 is 1.97 bits per heavy atom. The van der Waals surface area contributed by atoms with Crippen LogP contribution in [0.2, 0.25) is 0 Å². The third-order valence-electron chi connectivity index (χ3n) is 5.27. The molecule has 2 aromatic rings. The Labute approximate surface area is 177 Å². The molecule has 1 saturated heterocycles. The van der Waals surface area contributed by atoms with Gasteiger partial charge in [-0.3, -0.25) is 9.59 Å². The SMILES string of the molecule is CCOc1ccc(-n2c(C)cc(/C=N\NC(=O)CN3CCCCCC3=O)c2C)cc1. The summed E-state index contributed by atoms with van der Waals surface area (Å²) in [5.41, 5.74) is 6.60. The van der Waals surface area contributed by atoms with Crippen LogP contribution >= 0.6 is 0 Å². The highest BCUT2D eigenvalue weighted by atomic mass is 16.5. The molecule has 0 aliphatic carbocycles. The molecule has 1 N–H and O–H groups in total. The maximum Gasteiger partial charge on any atom is 0.259 e. The number of aromatic nitrogens is 1. The van der Waals surface area contributed by atoms with Crippen LogP contribution in [0.3, 0.4) is 0 Å². The Morgan fingerprint density at radius 3 is 2.70 bits per heavy atom. The quantitative estimate of drug-likeness (QED) is 0.562.